The highest BCUT2D eigenvalue weighted by Gasteiger charge is 2.34. The van der Waals surface area contributed by atoms with Crippen molar-refractivity contribution in [1.29, 1.82) is 0 Å². The number of nitrogens with zero attached hydrogens (tertiary/aromatic N) is 2. The molecular formula is C22H26N2O5S2. The number of hydrogen-bond acceptors (Lipinski definition) is 6. The third-order valence-corrected chi connectivity index (χ3v) is 9.02. The highest BCUT2D eigenvalue weighted by atomic mass is 32.2. The minimum atomic E-state index is -3.56. The number of benzene rings is 1. The van der Waals surface area contributed by atoms with E-state index in [4.69, 9.17) is 4.74 Å². The quantitative estimate of drug-likeness (QED) is 0.616. The fourth-order valence-corrected chi connectivity index (χ4v) is 6.68. The molecule has 1 aromatic heterocycles. The molecule has 4 rings (SSSR count). The van der Waals surface area contributed by atoms with Crippen molar-refractivity contribution >= 4 is 33.2 Å². The van der Waals surface area contributed by atoms with Gasteiger partial charge in [-0.2, -0.15) is 4.31 Å². The molecule has 0 bridgehead atoms. The van der Waals surface area contributed by atoms with E-state index in [1.165, 1.54) is 15.6 Å². The summed E-state index contributed by atoms with van der Waals surface area (Å²) in [6, 6.07) is 10.4. The van der Waals surface area contributed by atoms with Gasteiger partial charge in [-0.15, -0.1) is 11.3 Å². The Morgan fingerprint density at radius 1 is 1.03 bits per heavy atom. The molecule has 2 saturated heterocycles. The van der Waals surface area contributed by atoms with E-state index in [0.29, 0.717) is 29.2 Å². The summed E-state index contributed by atoms with van der Waals surface area (Å²) in [5.41, 5.74) is 1.43. The summed E-state index contributed by atoms with van der Waals surface area (Å²) in [4.78, 5) is 26.8. The lowest BCUT2D eigenvalue weighted by Crippen LogP contribution is -2.42. The molecule has 0 radical (unpaired) electrons. The Morgan fingerprint density at radius 3 is 2.45 bits per heavy atom. The molecule has 1 aromatic carbocycles. The number of likely N-dealkylation sites (tertiary alicyclic amines) is 1. The average molecular weight is 463 g/mol. The normalized spacial score (nSPS) is 20.0. The molecule has 0 saturated carbocycles. The van der Waals surface area contributed by atoms with E-state index in [9.17, 15) is 18.0 Å². The van der Waals surface area contributed by atoms with Crippen LogP contribution in [0.3, 0.4) is 0 Å². The Balaban J connectivity index is 1.31. The smallest absolute Gasteiger partial charge is 0.310 e. The predicted octanol–water partition coefficient (Wildman–Crippen LogP) is 3.13. The van der Waals surface area contributed by atoms with Crippen molar-refractivity contribution in [2.24, 2.45) is 5.92 Å². The van der Waals surface area contributed by atoms with Crippen LogP contribution in [0.4, 0.5) is 0 Å². The zero-order chi connectivity index (χ0) is 21.8. The lowest BCUT2D eigenvalue weighted by Gasteiger charge is -2.30. The SMILES string of the molecule is O=C(OCc1ccc(C(=O)N2CCCC2)cc1)C1CCCN(S(=O)(=O)c2cccs2)C1. The number of carbonyl (C=O) groups is 2. The van der Waals surface area contributed by atoms with Crippen molar-refractivity contribution in [1.82, 2.24) is 9.21 Å². The van der Waals surface area contributed by atoms with Gasteiger partial charge in [-0.3, -0.25) is 9.59 Å². The molecule has 0 N–H and O–H groups in total. The second-order valence-corrected chi connectivity index (χ2v) is 11.1. The monoisotopic (exact) mass is 462 g/mol. The zero-order valence-electron chi connectivity index (χ0n) is 17.2. The molecule has 3 heterocycles. The molecule has 31 heavy (non-hydrogen) atoms. The van der Waals surface area contributed by atoms with Crippen LogP contribution in [0.2, 0.25) is 0 Å². The predicted molar refractivity (Wildman–Crippen MR) is 117 cm³/mol. The van der Waals surface area contributed by atoms with Gasteiger partial charge in [-0.05, 0) is 54.8 Å². The van der Waals surface area contributed by atoms with Gasteiger partial charge in [0, 0.05) is 31.7 Å². The fourth-order valence-electron chi connectivity index (χ4n) is 4.01. The number of esters is 1. The van der Waals surface area contributed by atoms with Crippen molar-refractivity contribution in [3.63, 3.8) is 0 Å². The van der Waals surface area contributed by atoms with Crippen LogP contribution in [0.5, 0.6) is 0 Å². The first-order valence-electron chi connectivity index (χ1n) is 10.5. The number of amides is 1. The molecule has 7 nitrogen and oxygen atoms in total. The van der Waals surface area contributed by atoms with Crippen LogP contribution in [0, 0.1) is 5.92 Å². The van der Waals surface area contributed by atoms with Crippen molar-refractivity contribution < 1.29 is 22.7 Å². The van der Waals surface area contributed by atoms with E-state index >= 15 is 0 Å². The van der Waals surface area contributed by atoms with Crippen LogP contribution in [-0.2, 0) is 26.2 Å². The highest BCUT2D eigenvalue weighted by Crippen LogP contribution is 2.27. The molecule has 166 valence electrons. The largest absolute Gasteiger partial charge is 0.461 e. The standard InChI is InChI=1S/C22H26N2O5S2/c25-21(23-11-1-2-12-23)18-9-7-17(8-10-18)16-29-22(26)19-5-3-13-24(15-19)31(27,28)20-6-4-14-30-20/h4,6-10,14,19H,1-3,5,11-13,15-16H2. The summed E-state index contributed by atoms with van der Waals surface area (Å²) in [7, 11) is -3.56. The number of sulfonamides is 1. The zero-order valence-corrected chi connectivity index (χ0v) is 18.9. The molecular weight excluding hydrogens is 436 g/mol. The van der Waals surface area contributed by atoms with Crippen molar-refractivity contribution in [2.75, 3.05) is 26.2 Å². The summed E-state index contributed by atoms with van der Waals surface area (Å²) in [5.74, 6) is -0.821. The summed E-state index contributed by atoms with van der Waals surface area (Å²) >= 11 is 1.18. The second-order valence-electron chi connectivity index (χ2n) is 7.94. The Morgan fingerprint density at radius 2 is 1.77 bits per heavy atom. The van der Waals surface area contributed by atoms with Gasteiger partial charge in [0.15, 0.2) is 0 Å². The van der Waals surface area contributed by atoms with Crippen molar-refractivity contribution in [3.05, 3.63) is 52.9 Å². The molecule has 0 aliphatic carbocycles. The van der Waals surface area contributed by atoms with E-state index in [2.05, 4.69) is 0 Å². The average Bonchev–Trinajstić information content (AvgIpc) is 3.52. The molecule has 2 fully saturated rings. The number of piperidine rings is 1. The van der Waals surface area contributed by atoms with Gasteiger partial charge >= 0.3 is 5.97 Å². The van der Waals surface area contributed by atoms with E-state index in [-0.39, 0.29) is 25.0 Å². The van der Waals surface area contributed by atoms with Gasteiger partial charge in [0.2, 0.25) is 0 Å². The molecule has 2 aliphatic rings. The minimum absolute atomic E-state index is 0.0373. The molecule has 1 amide bonds. The van der Waals surface area contributed by atoms with Crippen LogP contribution < -0.4 is 0 Å². The number of thiophene rings is 1. The maximum Gasteiger partial charge on any atom is 0.310 e. The molecule has 1 unspecified atom stereocenters. The lowest BCUT2D eigenvalue weighted by molar-refractivity contribution is -0.151. The summed E-state index contributed by atoms with van der Waals surface area (Å²) in [6.07, 6.45) is 3.33. The molecule has 2 aromatic rings. The van der Waals surface area contributed by atoms with Gasteiger partial charge in [0.05, 0.1) is 5.92 Å². The molecule has 9 heteroatoms. The van der Waals surface area contributed by atoms with Crippen LogP contribution in [0.15, 0.2) is 46.0 Å². The van der Waals surface area contributed by atoms with Gasteiger partial charge in [0.25, 0.3) is 15.9 Å². The Kier molecular flexibility index (Phi) is 6.74. The third kappa shape index (κ3) is 4.99. The van der Waals surface area contributed by atoms with E-state index in [0.717, 1.165) is 31.5 Å². The number of hydrogen-bond donors (Lipinski definition) is 0. The van der Waals surface area contributed by atoms with Crippen LogP contribution >= 0.6 is 11.3 Å². The third-order valence-electron chi connectivity index (χ3n) is 5.78. The van der Waals surface area contributed by atoms with Gasteiger partial charge in [-0.25, -0.2) is 8.42 Å². The molecule has 2 aliphatic heterocycles. The Labute approximate surface area is 186 Å². The maximum atomic E-state index is 12.7. The summed E-state index contributed by atoms with van der Waals surface area (Å²) in [5, 5.41) is 1.73. The first kappa shape index (κ1) is 22.0. The number of carbonyl (C=O) groups excluding carboxylic acids is 2. The number of ether oxygens (including phenoxy) is 1. The number of rotatable bonds is 6. The topological polar surface area (TPSA) is 84.0 Å². The van der Waals surface area contributed by atoms with Crippen molar-refractivity contribution in [2.45, 2.75) is 36.5 Å². The summed E-state index contributed by atoms with van der Waals surface area (Å²) < 4.78 is 32.6. The van der Waals surface area contributed by atoms with Gasteiger partial charge in [0.1, 0.15) is 10.8 Å². The highest BCUT2D eigenvalue weighted by molar-refractivity contribution is 7.91. The minimum Gasteiger partial charge on any atom is -0.461 e. The lowest BCUT2D eigenvalue weighted by atomic mass is 10.00. The molecule has 1 atom stereocenters. The maximum absolute atomic E-state index is 12.7. The first-order valence-corrected chi connectivity index (χ1v) is 12.9. The van der Waals surface area contributed by atoms with Gasteiger partial charge in [-0.1, -0.05) is 18.2 Å². The van der Waals surface area contributed by atoms with Crippen LogP contribution in [0.1, 0.15) is 41.6 Å². The Hall–Kier alpha value is -2.23. The van der Waals surface area contributed by atoms with Crippen molar-refractivity contribution in [3.8, 4) is 0 Å². The van der Waals surface area contributed by atoms with E-state index in [1.54, 1.807) is 41.8 Å². The van der Waals surface area contributed by atoms with Crippen LogP contribution in [0.25, 0.3) is 0 Å². The second kappa shape index (κ2) is 9.50. The fraction of sp³-hybridized carbons (Fsp3) is 0.455. The molecule has 0 spiro atoms. The van der Waals surface area contributed by atoms with Crippen LogP contribution in [-0.4, -0.2) is 55.7 Å². The van der Waals surface area contributed by atoms with E-state index < -0.39 is 15.9 Å². The van der Waals surface area contributed by atoms with E-state index in [1.807, 2.05) is 4.90 Å². The Bertz CT molecular complexity index is 1010. The summed E-state index contributed by atoms with van der Waals surface area (Å²) in [6.45, 7) is 2.27. The first-order chi connectivity index (χ1) is 14.9. The van der Waals surface area contributed by atoms with Gasteiger partial charge < -0.3 is 9.64 Å².